The van der Waals surface area contributed by atoms with Gasteiger partial charge < -0.3 is 4.42 Å². The standard InChI is InChI=1S/C51H29N3OS/c1-2-10-30(11-3-1)33-12-8-13-35(28-33)49-52-50(54-51(53-49)41-16-9-18-43-47(41)40-15-4-6-17-42(40)55-43)36-25-26-37-34(29-36)23-22-31-20-21-32-24-27-39-38-14-5-7-19-44(38)56-48(39)46(32)45(31)37/h1-29H. The Labute approximate surface area is 325 Å². The molecule has 0 radical (unpaired) electrons. The maximum atomic E-state index is 6.30. The fraction of sp³-hybridized carbons (Fsp3) is 0. The van der Waals surface area contributed by atoms with E-state index in [1.54, 1.807) is 0 Å². The monoisotopic (exact) mass is 731 g/mol. The van der Waals surface area contributed by atoms with E-state index in [9.17, 15) is 0 Å². The van der Waals surface area contributed by atoms with Gasteiger partial charge in [0, 0.05) is 53.0 Å². The van der Waals surface area contributed by atoms with Gasteiger partial charge in [0.25, 0.3) is 0 Å². The molecular formula is C51H29N3OS. The Balaban J connectivity index is 1.09. The van der Waals surface area contributed by atoms with Crippen LogP contribution in [0.15, 0.2) is 180 Å². The Morgan fingerprint density at radius 3 is 1.86 bits per heavy atom. The molecule has 12 rings (SSSR count). The zero-order valence-corrected chi connectivity index (χ0v) is 30.7. The Morgan fingerprint density at radius 1 is 0.357 bits per heavy atom. The number of nitrogens with zero attached hydrogens (tertiary/aromatic N) is 3. The largest absolute Gasteiger partial charge is 0.456 e. The van der Waals surface area contributed by atoms with Crippen LogP contribution in [0.2, 0.25) is 0 Å². The van der Waals surface area contributed by atoms with E-state index in [0.717, 1.165) is 55.1 Å². The lowest BCUT2D eigenvalue weighted by molar-refractivity contribution is 0.669. The molecule has 0 saturated heterocycles. The summed E-state index contributed by atoms with van der Waals surface area (Å²) >= 11 is 1.88. The third-order valence-electron chi connectivity index (χ3n) is 11.1. The smallest absolute Gasteiger partial charge is 0.164 e. The molecule has 260 valence electrons. The van der Waals surface area contributed by atoms with Crippen molar-refractivity contribution < 1.29 is 4.42 Å². The van der Waals surface area contributed by atoms with Gasteiger partial charge in [-0.25, -0.2) is 15.0 Å². The summed E-state index contributed by atoms with van der Waals surface area (Å²) < 4.78 is 8.94. The van der Waals surface area contributed by atoms with Crippen molar-refractivity contribution in [2.24, 2.45) is 0 Å². The van der Waals surface area contributed by atoms with Crippen molar-refractivity contribution in [3.05, 3.63) is 176 Å². The molecule has 12 aromatic rings. The average Bonchev–Trinajstić information content (AvgIpc) is 3.85. The van der Waals surface area contributed by atoms with Gasteiger partial charge in [0.1, 0.15) is 11.2 Å². The highest BCUT2D eigenvalue weighted by molar-refractivity contribution is 7.26. The van der Waals surface area contributed by atoms with Gasteiger partial charge in [0.2, 0.25) is 0 Å². The molecule has 0 aliphatic heterocycles. The van der Waals surface area contributed by atoms with E-state index in [-0.39, 0.29) is 0 Å². The van der Waals surface area contributed by atoms with Gasteiger partial charge in [-0.15, -0.1) is 11.3 Å². The van der Waals surface area contributed by atoms with Gasteiger partial charge in [0.05, 0.1) is 0 Å². The van der Waals surface area contributed by atoms with Crippen LogP contribution in [0.3, 0.4) is 0 Å². The van der Waals surface area contributed by atoms with E-state index in [2.05, 4.69) is 140 Å². The van der Waals surface area contributed by atoms with Crippen LogP contribution in [0, 0.1) is 0 Å². The summed E-state index contributed by atoms with van der Waals surface area (Å²) in [6.07, 6.45) is 0. The third kappa shape index (κ3) is 4.81. The maximum absolute atomic E-state index is 6.30. The molecule has 0 amide bonds. The number of thiophene rings is 1. The highest BCUT2D eigenvalue weighted by atomic mass is 32.1. The fourth-order valence-corrected chi connectivity index (χ4v) is 9.73. The van der Waals surface area contributed by atoms with Gasteiger partial charge in [-0.1, -0.05) is 146 Å². The molecule has 5 heteroatoms. The van der Waals surface area contributed by atoms with Gasteiger partial charge in [-0.3, -0.25) is 0 Å². The summed E-state index contributed by atoms with van der Waals surface area (Å²) in [5, 5.41) is 12.0. The number of aromatic nitrogens is 3. The average molecular weight is 732 g/mol. The predicted molar refractivity (Wildman–Crippen MR) is 234 cm³/mol. The molecule has 9 aromatic carbocycles. The molecule has 0 saturated carbocycles. The lowest BCUT2D eigenvalue weighted by atomic mass is 9.94. The van der Waals surface area contributed by atoms with Gasteiger partial charge >= 0.3 is 0 Å². The second-order valence-corrected chi connectivity index (χ2v) is 15.4. The molecule has 0 aliphatic rings. The van der Waals surface area contributed by atoms with Crippen molar-refractivity contribution >= 4 is 85.8 Å². The number of hydrogen-bond donors (Lipinski definition) is 0. The highest BCUT2D eigenvalue weighted by Crippen LogP contribution is 2.43. The van der Waals surface area contributed by atoms with Crippen LogP contribution in [0.1, 0.15) is 0 Å². The Hall–Kier alpha value is -7.21. The molecule has 3 heterocycles. The van der Waals surface area contributed by atoms with Crippen molar-refractivity contribution in [2.75, 3.05) is 0 Å². The molecular weight excluding hydrogens is 703 g/mol. The lowest BCUT2D eigenvalue weighted by Crippen LogP contribution is -2.00. The lowest BCUT2D eigenvalue weighted by Gasteiger charge is -2.12. The van der Waals surface area contributed by atoms with E-state index in [1.807, 2.05) is 47.7 Å². The van der Waals surface area contributed by atoms with Crippen molar-refractivity contribution in [3.63, 3.8) is 0 Å². The topological polar surface area (TPSA) is 51.8 Å². The summed E-state index contributed by atoms with van der Waals surface area (Å²) in [5.74, 6) is 1.83. The molecule has 0 aliphatic carbocycles. The van der Waals surface area contributed by atoms with Crippen molar-refractivity contribution in [3.8, 4) is 45.3 Å². The van der Waals surface area contributed by atoms with Crippen LogP contribution in [-0.4, -0.2) is 15.0 Å². The van der Waals surface area contributed by atoms with Crippen LogP contribution in [-0.2, 0) is 0 Å². The van der Waals surface area contributed by atoms with E-state index < -0.39 is 0 Å². The fourth-order valence-electron chi connectivity index (χ4n) is 8.47. The zero-order valence-electron chi connectivity index (χ0n) is 29.9. The van der Waals surface area contributed by atoms with Crippen LogP contribution in [0.4, 0.5) is 0 Å². The number of rotatable bonds is 4. The zero-order chi connectivity index (χ0) is 36.7. The van der Waals surface area contributed by atoms with Crippen molar-refractivity contribution in [1.29, 1.82) is 0 Å². The SMILES string of the molecule is c1ccc(-c2cccc(-c3nc(-c4ccc5c(ccc6ccc7ccc8c9ccccc9sc8c7c65)c4)nc(-c4cccc5oc6ccccc6c45)n3)c2)cc1. The first kappa shape index (κ1) is 31.2. The Bertz CT molecular complexity index is 3550. The molecule has 56 heavy (non-hydrogen) atoms. The van der Waals surface area contributed by atoms with Crippen LogP contribution in [0.25, 0.3) is 120 Å². The van der Waals surface area contributed by atoms with Gasteiger partial charge in [-0.05, 0) is 68.4 Å². The Kier molecular flexibility index (Phi) is 6.76. The first-order valence-electron chi connectivity index (χ1n) is 18.8. The highest BCUT2D eigenvalue weighted by Gasteiger charge is 2.19. The summed E-state index contributed by atoms with van der Waals surface area (Å²) in [5.41, 5.74) is 6.64. The minimum absolute atomic E-state index is 0.601. The molecule has 4 nitrogen and oxygen atoms in total. The minimum Gasteiger partial charge on any atom is -0.456 e. The maximum Gasteiger partial charge on any atom is 0.164 e. The van der Waals surface area contributed by atoms with Crippen molar-refractivity contribution in [1.82, 2.24) is 15.0 Å². The molecule has 0 spiro atoms. The minimum atomic E-state index is 0.601. The summed E-state index contributed by atoms with van der Waals surface area (Å²) in [6.45, 7) is 0. The summed E-state index contributed by atoms with van der Waals surface area (Å²) in [4.78, 5) is 15.6. The molecule has 0 fully saturated rings. The molecule has 0 unspecified atom stereocenters. The summed E-state index contributed by atoms with van der Waals surface area (Å²) in [6, 6.07) is 62.0. The third-order valence-corrected chi connectivity index (χ3v) is 12.3. The second kappa shape index (κ2) is 12.2. The van der Waals surface area contributed by atoms with Gasteiger partial charge in [-0.2, -0.15) is 0 Å². The molecule has 0 bridgehead atoms. The van der Waals surface area contributed by atoms with Crippen LogP contribution in [0.5, 0.6) is 0 Å². The summed E-state index contributed by atoms with van der Waals surface area (Å²) in [7, 11) is 0. The molecule has 0 atom stereocenters. The van der Waals surface area contributed by atoms with Crippen LogP contribution >= 0.6 is 11.3 Å². The van der Waals surface area contributed by atoms with Gasteiger partial charge in [0.15, 0.2) is 17.5 Å². The van der Waals surface area contributed by atoms with E-state index in [4.69, 9.17) is 19.4 Å². The first-order chi connectivity index (χ1) is 27.7. The normalized spacial score (nSPS) is 11.9. The van der Waals surface area contributed by atoms with Crippen molar-refractivity contribution in [2.45, 2.75) is 0 Å². The molecule has 0 N–H and O–H groups in total. The number of fused-ring (bicyclic) bond motifs is 12. The van der Waals surface area contributed by atoms with Crippen LogP contribution < -0.4 is 0 Å². The number of benzene rings is 9. The molecule has 3 aromatic heterocycles. The number of furan rings is 1. The van der Waals surface area contributed by atoms with E-state index in [0.29, 0.717) is 17.5 Å². The second-order valence-electron chi connectivity index (χ2n) is 14.3. The van der Waals surface area contributed by atoms with E-state index in [1.165, 1.54) is 47.1 Å². The predicted octanol–water partition coefficient (Wildman–Crippen LogP) is 14.3. The Morgan fingerprint density at radius 2 is 0.982 bits per heavy atom. The van der Waals surface area contributed by atoms with E-state index >= 15 is 0 Å². The number of hydrogen-bond acceptors (Lipinski definition) is 5. The quantitative estimate of drug-likeness (QED) is 0.169. The first-order valence-corrected chi connectivity index (χ1v) is 19.6. The number of para-hydroxylation sites is 1.